The number of hydrogen-bond donors (Lipinski definition) is 0. The molecule has 0 atom stereocenters. The number of hydrogen-bond acceptors (Lipinski definition) is 4. The molecule has 4 nitrogen and oxygen atoms in total. The average Bonchev–Trinajstić information content (AvgIpc) is 2.66. The summed E-state index contributed by atoms with van der Waals surface area (Å²) >= 11 is 1.71. The topological polar surface area (TPSA) is 34.0 Å². The third-order valence-corrected chi connectivity index (χ3v) is 3.49. The van der Waals surface area contributed by atoms with Gasteiger partial charge in [-0.15, -0.1) is 5.10 Å². The first-order valence-electron chi connectivity index (χ1n) is 6.05. The van der Waals surface area contributed by atoms with Crippen molar-refractivity contribution in [2.24, 2.45) is 0 Å². The van der Waals surface area contributed by atoms with Crippen LogP contribution in [0.2, 0.25) is 0 Å². The molecule has 1 aliphatic rings. The summed E-state index contributed by atoms with van der Waals surface area (Å²) in [5, 5.41) is 8.88. The van der Waals surface area contributed by atoms with E-state index in [0.29, 0.717) is 5.25 Å². The molecule has 0 radical (unpaired) electrons. The Bertz CT molecular complexity index is 318. The van der Waals surface area contributed by atoms with E-state index in [-0.39, 0.29) is 0 Å². The van der Waals surface area contributed by atoms with Gasteiger partial charge in [0.05, 0.1) is 11.9 Å². The maximum atomic E-state index is 4.21. The summed E-state index contributed by atoms with van der Waals surface area (Å²) in [4.78, 5) is 2.47. The van der Waals surface area contributed by atoms with E-state index in [9.17, 15) is 0 Å². The molecule has 0 aromatic carbocycles. The molecule has 0 saturated carbocycles. The Morgan fingerprint density at radius 3 is 2.75 bits per heavy atom. The first-order valence-corrected chi connectivity index (χ1v) is 6.88. The van der Waals surface area contributed by atoms with Gasteiger partial charge in [-0.2, -0.15) is 4.09 Å². The summed E-state index contributed by atoms with van der Waals surface area (Å²) < 4.78 is 1.88. The molecule has 0 N–H and O–H groups in total. The van der Waals surface area contributed by atoms with Crippen LogP contribution in [0.25, 0.3) is 0 Å². The first-order chi connectivity index (χ1) is 7.74. The second-order valence-electron chi connectivity index (χ2n) is 4.60. The van der Waals surface area contributed by atoms with Gasteiger partial charge in [-0.1, -0.05) is 25.5 Å². The zero-order chi connectivity index (χ0) is 11.4. The molecule has 2 rings (SSSR count). The largest absolute Gasteiger partial charge is 0.297 e. The van der Waals surface area contributed by atoms with Crippen LogP contribution in [0.5, 0.6) is 0 Å². The Labute approximate surface area is 102 Å². The van der Waals surface area contributed by atoms with Crippen molar-refractivity contribution in [1.29, 1.82) is 0 Å². The van der Waals surface area contributed by atoms with E-state index in [1.165, 1.54) is 32.4 Å². The van der Waals surface area contributed by atoms with E-state index in [2.05, 4.69) is 35.3 Å². The number of nitrogens with zero attached hydrogens (tertiary/aromatic N) is 4. The van der Waals surface area contributed by atoms with Crippen LogP contribution in [0.15, 0.2) is 6.20 Å². The van der Waals surface area contributed by atoms with Crippen molar-refractivity contribution in [3.8, 4) is 0 Å². The van der Waals surface area contributed by atoms with E-state index in [1.54, 1.807) is 11.9 Å². The van der Waals surface area contributed by atoms with Crippen molar-refractivity contribution in [1.82, 2.24) is 19.3 Å². The summed E-state index contributed by atoms with van der Waals surface area (Å²) in [6.45, 7) is 7.71. The summed E-state index contributed by atoms with van der Waals surface area (Å²) in [6.07, 6.45) is 6.09. The molecule has 1 saturated heterocycles. The molecule has 1 aliphatic heterocycles. The quantitative estimate of drug-likeness (QED) is 0.807. The Morgan fingerprint density at radius 2 is 2.06 bits per heavy atom. The van der Waals surface area contributed by atoms with E-state index < -0.39 is 0 Å². The van der Waals surface area contributed by atoms with Crippen molar-refractivity contribution < 1.29 is 0 Å². The maximum absolute atomic E-state index is 4.21. The molecule has 5 heteroatoms. The van der Waals surface area contributed by atoms with Crippen LogP contribution in [0.1, 0.15) is 38.8 Å². The highest BCUT2D eigenvalue weighted by Crippen LogP contribution is 2.14. The molecule has 1 fully saturated rings. The fraction of sp³-hybridized carbons (Fsp3) is 0.818. The standard InChI is InChI=1S/C11H20N4S/c1-10(2)16-15-9-11(12-13-15)8-14-6-4-3-5-7-14/h9-10H,3-8H2,1-2H3. The molecular formula is C11H20N4S. The van der Waals surface area contributed by atoms with Crippen molar-refractivity contribution in [3.63, 3.8) is 0 Å². The van der Waals surface area contributed by atoms with Gasteiger partial charge in [0.2, 0.25) is 0 Å². The van der Waals surface area contributed by atoms with Crippen LogP contribution in [0.4, 0.5) is 0 Å². The predicted octanol–water partition coefficient (Wildman–Crippen LogP) is 2.17. The zero-order valence-electron chi connectivity index (χ0n) is 10.1. The summed E-state index contributed by atoms with van der Waals surface area (Å²) in [7, 11) is 0. The molecule has 16 heavy (non-hydrogen) atoms. The van der Waals surface area contributed by atoms with E-state index in [0.717, 1.165) is 12.2 Å². The van der Waals surface area contributed by atoms with Gasteiger partial charge in [-0.05, 0) is 37.9 Å². The summed E-state index contributed by atoms with van der Waals surface area (Å²) in [5.41, 5.74) is 1.09. The number of rotatable bonds is 4. The Hall–Kier alpha value is -0.550. The molecule has 1 aromatic rings. The third kappa shape index (κ3) is 3.49. The van der Waals surface area contributed by atoms with Gasteiger partial charge in [0.15, 0.2) is 0 Å². The van der Waals surface area contributed by atoms with Crippen molar-refractivity contribution in [2.45, 2.75) is 44.9 Å². The molecular weight excluding hydrogens is 220 g/mol. The minimum Gasteiger partial charge on any atom is -0.297 e. The van der Waals surface area contributed by atoms with E-state index in [4.69, 9.17) is 0 Å². The number of piperidine rings is 1. The highest BCUT2D eigenvalue weighted by atomic mass is 32.2. The molecule has 2 heterocycles. The van der Waals surface area contributed by atoms with Gasteiger partial charge in [0.25, 0.3) is 0 Å². The Morgan fingerprint density at radius 1 is 1.31 bits per heavy atom. The monoisotopic (exact) mass is 240 g/mol. The molecule has 0 spiro atoms. The normalized spacial score (nSPS) is 18.2. The smallest absolute Gasteiger partial charge is 0.0978 e. The van der Waals surface area contributed by atoms with Gasteiger partial charge in [0.1, 0.15) is 0 Å². The second kappa shape index (κ2) is 5.68. The average molecular weight is 240 g/mol. The molecule has 90 valence electrons. The van der Waals surface area contributed by atoms with Crippen LogP contribution in [0, 0.1) is 0 Å². The predicted molar refractivity (Wildman–Crippen MR) is 67.3 cm³/mol. The fourth-order valence-corrected chi connectivity index (χ4v) is 2.66. The van der Waals surface area contributed by atoms with E-state index >= 15 is 0 Å². The Balaban J connectivity index is 1.86. The molecule has 1 aromatic heterocycles. The minimum atomic E-state index is 0.546. The van der Waals surface area contributed by atoms with Crippen LogP contribution in [0.3, 0.4) is 0 Å². The van der Waals surface area contributed by atoms with Crippen molar-refractivity contribution in [2.75, 3.05) is 13.1 Å². The highest BCUT2D eigenvalue weighted by Gasteiger charge is 2.12. The lowest BCUT2D eigenvalue weighted by Crippen LogP contribution is -2.29. The van der Waals surface area contributed by atoms with Gasteiger partial charge in [-0.3, -0.25) is 4.90 Å². The highest BCUT2D eigenvalue weighted by molar-refractivity contribution is 7.98. The van der Waals surface area contributed by atoms with Crippen LogP contribution < -0.4 is 0 Å². The maximum Gasteiger partial charge on any atom is 0.0978 e. The van der Waals surface area contributed by atoms with Crippen LogP contribution in [-0.2, 0) is 6.54 Å². The van der Waals surface area contributed by atoms with Gasteiger partial charge in [-0.25, -0.2) is 0 Å². The number of likely N-dealkylation sites (tertiary alicyclic amines) is 1. The molecule has 0 unspecified atom stereocenters. The minimum absolute atomic E-state index is 0.546. The lowest BCUT2D eigenvalue weighted by atomic mass is 10.1. The molecule has 0 amide bonds. The van der Waals surface area contributed by atoms with Crippen LogP contribution >= 0.6 is 11.9 Å². The Kier molecular flexibility index (Phi) is 4.23. The van der Waals surface area contributed by atoms with Gasteiger partial charge in [0, 0.05) is 11.8 Å². The van der Waals surface area contributed by atoms with Crippen molar-refractivity contribution >= 4 is 11.9 Å². The lowest BCUT2D eigenvalue weighted by molar-refractivity contribution is 0.218. The summed E-state index contributed by atoms with van der Waals surface area (Å²) in [6, 6.07) is 0. The van der Waals surface area contributed by atoms with Gasteiger partial charge >= 0.3 is 0 Å². The van der Waals surface area contributed by atoms with E-state index in [1.807, 2.05) is 4.09 Å². The first kappa shape index (κ1) is 11.9. The third-order valence-electron chi connectivity index (χ3n) is 2.67. The lowest BCUT2D eigenvalue weighted by Gasteiger charge is -2.25. The fourth-order valence-electron chi connectivity index (χ4n) is 1.97. The number of aromatic nitrogens is 3. The zero-order valence-corrected chi connectivity index (χ0v) is 10.9. The second-order valence-corrected chi connectivity index (χ2v) is 6.13. The molecule has 0 bridgehead atoms. The SMILES string of the molecule is CC(C)Sn1cc(CN2CCCCC2)nn1. The summed E-state index contributed by atoms with van der Waals surface area (Å²) in [5.74, 6) is 0. The van der Waals surface area contributed by atoms with Crippen LogP contribution in [-0.4, -0.2) is 37.6 Å². The molecule has 0 aliphatic carbocycles. The van der Waals surface area contributed by atoms with Crippen molar-refractivity contribution in [3.05, 3.63) is 11.9 Å². The van der Waals surface area contributed by atoms with Gasteiger partial charge < -0.3 is 0 Å².